The standard InChI is InChI=1S/C18H30N2O4/c21-18(19-7-1-2-8-19)13-23-12-15-3-4-16-17(24-15)5-9-20(16)14-6-10-22-11-14/h14-17H,1-13H2/t14?,15-,16+,17+/m1/s1. The predicted molar refractivity (Wildman–Crippen MR) is 88.9 cm³/mol. The van der Waals surface area contributed by atoms with E-state index < -0.39 is 0 Å². The molecule has 0 aliphatic carbocycles. The Morgan fingerprint density at radius 1 is 1.08 bits per heavy atom. The second kappa shape index (κ2) is 7.68. The van der Waals surface area contributed by atoms with Gasteiger partial charge in [0.1, 0.15) is 6.61 Å². The molecule has 0 spiro atoms. The number of hydrogen-bond donors (Lipinski definition) is 0. The zero-order valence-corrected chi connectivity index (χ0v) is 14.5. The summed E-state index contributed by atoms with van der Waals surface area (Å²) in [5.74, 6) is 0.134. The van der Waals surface area contributed by atoms with Gasteiger partial charge in [-0.15, -0.1) is 0 Å². The summed E-state index contributed by atoms with van der Waals surface area (Å²) < 4.78 is 17.5. The fourth-order valence-corrected chi connectivity index (χ4v) is 4.73. The van der Waals surface area contributed by atoms with E-state index in [-0.39, 0.29) is 18.6 Å². The van der Waals surface area contributed by atoms with Gasteiger partial charge in [-0.05, 0) is 38.5 Å². The molecule has 4 rings (SSSR count). The highest BCUT2D eigenvalue weighted by Crippen LogP contribution is 2.34. The minimum atomic E-state index is 0.134. The smallest absolute Gasteiger partial charge is 0.248 e. The second-order valence-electron chi connectivity index (χ2n) is 7.59. The van der Waals surface area contributed by atoms with Gasteiger partial charge in [0.2, 0.25) is 5.91 Å². The summed E-state index contributed by atoms with van der Waals surface area (Å²) in [7, 11) is 0. The first-order chi connectivity index (χ1) is 11.8. The summed E-state index contributed by atoms with van der Waals surface area (Å²) >= 11 is 0. The first-order valence-electron chi connectivity index (χ1n) is 9.66. The van der Waals surface area contributed by atoms with Gasteiger partial charge in [0.15, 0.2) is 0 Å². The molecule has 0 bridgehead atoms. The van der Waals surface area contributed by atoms with Crippen LogP contribution >= 0.6 is 0 Å². The molecule has 4 atom stereocenters. The molecule has 0 aromatic carbocycles. The number of ether oxygens (including phenoxy) is 3. The molecule has 1 amide bonds. The molecule has 6 heteroatoms. The van der Waals surface area contributed by atoms with E-state index >= 15 is 0 Å². The minimum Gasteiger partial charge on any atom is -0.380 e. The third kappa shape index (κ3) is 3.62. The third-order valence-corrected chi connectivity index (χ3v) is 6.04. The molecular formula is C18H30N2O4. The minimum absolute atomic E-state index is 0.134. The van der Waals surface area contributed by atoms with Gasteiger partial charge < -0.3 is 19.1 Å². The van der Waals surface area contributed by atoms with Crippen molar-refractivity contribution in [2.75, 3.05) is 46.1 Å². The van der Waals surface area contributed by atoms with Crippen molar-refractivity contribution >= 4 is 5.91 Å². The molecule has 0 saturated carbocycles. The number of likely N-dealkylation sites (tertiary alicyclic amines) is 2. The average Bonchev–Trinajstić information content (AvgIpc) is 3.34. The van der Waals surface area contributed by atoms with Crippen molar-refractivity contribution < 1.29 is 19.0 Å². The maximum absolute atomic E-state index is 12.0. The number of rotatable bonds is 5. The fourth-order valence-electron chi connectivity index (χ4n) is 4.73. The van der Waals surface area contributed by atoms with E-state index in [2.05, 4.69) is 4.90 Å². The summed E-state index contributed by atoms with van der Waals surface area (Å²) in [5, 5.41) is 0. The molecule has 0 N–H and O–H groups in total. The summed E-state index contributed by atoms with van der Waals surface area (Å²) in [4.78, 5) is 16.5. The molecule has 4 aliphatic rings. The topological polar surface area (TPSA) is 51.2 Å². The first-order valence-corrected chi connectivity index (χ1v) is 9.66. The Labute approximate surface area is 144 Å². The highest BCUT2D eigenvalue weighted by Gasteiger charge is 2.43. The van der Waals surface area contributed by atoms with E-state index in [1.54, 1.807) is 0 Å². The molecule has 4 aliphatic heterocycles. The van der Waals surface area contributed by atoms with Crippen LogP contribution in [0.1, 0.15) is 38.5 Å². The molecular weight excluding hydrogens is 308 g/mol. The van der Waals surface area contributed by atoms with E-state index in [0.29, 0.717) is 24.8 Å². The van der Waals surface area contributed by atoms with Crippen LogP contribution in [-0.4, -0.2) is 86.1 Å². The largest absolute Gasteiger partial charge is 0.380 e. The maximum atomic E-state index is 12.0. The summed E-state index contributed by atoms with van der Waals surface area (Å²) in [6, 6.07) is 1.15. The molecule has 4 fully saturated rings. The molecule has 0 aromatic rings. The highest BCUT2D eigenvalue weighted by molar-refractivity contribution is 5.77. The van der Waals surface area contributed by atoms with Gasteiger partial charge >= 0.3 is 0 Å². The van der Waals surface area contributed by atoms with Crippen LogP contribution in [0, 0.1) is 0 Å². The number of hydrogen-bond acceptors (Lipinski definition) is 5. The number of nitrogens with zero attached hydrogens (tertiary/aromatic N) is 2. The van der Waals surface area contributed by atoms with E-state index in [1.807, 2.05) is 4.90 Å². The lowest BCUT2D eigenvalue weighted by molar-refractivity contribution is -0.139. The van der Waals surface area contributed by atoms with Gasteiger partial charge in [0, 0.05) is 38.3 Å². The number of carbonyl (C=O) groups excluding carboxylic acids is 1. The Kier molecular flexibility index (Phi) is 5.37. The predicted octanol–water partition coefficient (Wildman–Crippen LogP) is 1.04. The maximum Gasteiger partial charge on any atom is 0.248 e. The van der Waals surface area contributed by atoms with Crippen LogP contribution in [0.25, 0.3) is 0 Å². The Hall–Kier alpha value is -0.690. The molecule has 136 valence electrons. The quantitative estimate of drug-likeness (QED) is 0.750. The van der Waals surface area contributed by atoms with Crippen LogP contribution < -0.4 is 0 Å². The van der Waals surface area contributed by atoms with Gasteiger partial charge in [0.25, 0.3) is 0 Å². The summed E-state index contributed by atoms with van der Waals surface area (Å²) in [5.41, 5.74) is 0. The molecule has 4 heterocycles. The molecule has 0 radical (unpaired) electrons. The summed E-state index contributed by atoms with van der Waals surface area (Å²) in [6.45, 7) is 5.47. The third-order valence-electron chi connectivity index (χ3n) is 6.04. The van der Waals surface area contributed by atoms with E-state index in [1.165, 1.54) is 6.42 Å². The Morgan fingerprint density at radius 2 is 1.96 bits per heavy atom. The van der Waals surface area contributed by atoms with Crippen LogP contribution in [0.5, 0.6) is 0 Å². The molecule has 1 unspecified atom stereocenters. The monoisotopic (exact) mass is 338 g/mol. The SMILES string of the molecule is O=C(COC[C@H]1CC[C@H]2[C@H](CCN2C2CCOC2)O1)N1CCCC1. The molecule has 24 heavy (non-hydrogen) atoms. The number of amides is 1. The van der Waals surface area contributed by atoms with Gasteiger partial charge in [-0.3, -0.25) is 9.69 Å². The zero-order chi connectivity index (χ0) is 16.4. The average molecular weight is 338 g/mol. The fraction of sp³-hybridized carbons (Fsp3) is 0.944. The van der Waals surface area contributed by atoms with Crippen LogP contribution in [0.15, 0.2) is 0 Å². The molecule has 6 nitrogen and oxygen atoms in total. The van der Waals surface area contributed by atoms with E-state index in [0.717, 1.165) is 65.0 Å². The van der Waals surface area contributed by atoms with Crippen molar-refractivity contribution in [3.05, 3.63) is 0 Å². The number of fused-ring (bicyclic) bond motifs is 1. The first kappa shape index (κ1) is 16.8. The van der Waals surface area contributed by atoms with Crippen molar-refractivity contribution in [3.63, 3.8) is 0 Å². The Morgan fingerprint density at radius 3 is 2.75 bits per heavy atom. The summed E-state index contributed by atoms with van der Waals surface area (Å²) in [6.07, 6.45) is 7.23. The highest BCUT2D eigenvalue weighted by atomic mass is 16.5. The van der Waals surface area contributed by atoms with Gasteiger partial charge in [0.05, 0.1) is 25.4 Å². The lowest BCUT2D eigenvalue weighted by atomic mass is 9.98. The number of carbonyl (C=O) groups is 1. The lowest BCUT2D eigenvalue weighted by Crippen LogP contribution is -2.47. The van der Waals surface area contributed by atoms with Crippen molar-refractivity contribution in [1.82, 2.24) is 9.80 Å². The zero-order valence-electron chi connectivity index (χ0n) is 14.5. The molecule has 0 aromatic heterocycles. The Bertz CT molecular complexity index is 435. The molecule has 4 saturated heterocycles. The van der Waals surface area contributed by atoms with Crippen molar-refractivity contribution in [2.24, 2.45) is 0 Å². The normalized spacial score (nSPS) is 37.1. The van der Waals surface area contributed by atoms with Crippen molar-refractivity contribution in [3.8, 4) is 0 Å². The van der Waals surface area contributed by atoms with Crippen LogP contribution in [-0.2, 0) is 19.0 Å². The van der Waals surface area contributed by atoms with Crippen molar-refractivity contribution in [1.29, 1.82) is 0 Å². The second-order valence-corrected chi connectivity index (χ2v) is 7.59. The van der Waals surface area contributed by atoms with Gasteiger partial charge in [-0.1, -0.05) is 0 Å². The van der Waals surface area contributed by atoms with Crippen molar-refractivity contribution in [2.45, 2.75) is 62.8 Å². The lowest BCUT2D eigenvalue weighted by Gasteiger charge is -2.38. The van der Waals surface area contributed by atoms with E-state index in [4.69, 9.17) is 14.2 Å². The van der Waals surface area contributed by atoms with E-state index in [9.17, 15) is 4.79 Å². The van der Waals surface area contributed by atoms with Crippen LogP contribution in [0.3, 0.4) is 0 Å². The van der Waals surface area contributed by atoms with Crippen LogP contribution in [0.2, 0.25) is 0 Å². The Balaban J connectivity index is 1.19. The van der Waals surface area contributed by atoms with Gasteiger partial charge in [-0.25, -0.2) is 0 Å². The van der Waals surface area contributed by atoms with Crippen LogP contribution in [0.4, 0.5) is 0 Å². The van der Waals surface area contributed by atoms with Gasteiger partial charge in [-0.2, -0.15) is 0 Å².